The van der Waals surface area contributed by atoms with E-state index in [-0.39, 0.29) is 48.9 Å². The fraction of sp³-hybridized carbons (Fsp3) is 0.870. The number of hydrogen-bond acceptors (Lipinski definition) is 16. The molecular weight excluding hydrogens is 817 g/mol. The van der Waals surface area contributed by atoms with Gasteiger partial charge in [-0.3, -0.25) is 14.5 Å². The van der Waals surface area contributed by atoms with Gasteiger partial charge in [0, 0.05) is 49.6 Å². The Kier molecular flexibility index (Phi) is 18.5. The maximum absolute atomic E-state index is 14.5. The lowest BCUT2D eigenvalue weighted by molar-refractivity contribution is -0.315. The number of methoxy groups -OCH3 is 1. The Morgan fingerprint density at radius 2 is 1.67 bits per heavy atom. The average Bonchev–Trinajstić information content (AvgIpc) is 3.22. The first kappa shape index (κ1) is 53.2. The van der Waals surface area contributed by atoms with E-state index in [9.17, 15) is 30.0 Å². The van der Waals surface area contributed by atoms with Crippen molar-refractivity contribution in [3.63, 3.8) is 0 Å². The molecule has 5 N–H and O–H groups in total. The van der Waals surface area contributed by atoms with Gasteiger partial charge >= 0.3 is 5.97 Å². The van der Waals surface area contributed by atoms with Crippen molar-refractivity contribution in [2.24, 2.45) is 29.6 Å². The molecule has 4 heterocycles. The van der Waals surface area contributed by atoms with Crippen molar-refractivity contribution in [1.82, 2.24) is 14.9 Å². The van der Waals surface area contributed by atoms with Crippen molar-refractivity contribution >= 4 is 17.7 Å². The summed E-state index contributed by atoms with van der Waals surface area (Å²) in [5.74, 6) is -4.32. The number of aliphatic hydroxyl groups excluding tert-OH is 2. The Hall–Kier alpha value is -2.42. The Bertz CT molecular complexity index is 1610. The molecule has 0 bridgehead atoms. The quantitative estimate of drug-likeness (QED) is 0.187. The normalized spacial score (nSPS) is 43.6. The van der Waals surface area contributed by atoms with Crippen LogP contribution in [0.1, 0.15) is 116 Å². The van der Waals surface area contributed by atoms with Gasteiger partial charge in [-0.25, -0.2) is 9.97 Å². The third kappa shape index (κ3) is 12.5. The molecule has 3 fully saturated rings. The van der Waals surface area contributed by atoms with Crippen LogP contribution in [0.5, 0.6) is 0 Å². The molecule has 0 spiro atoms. The summed E-state index contributed by atoms with van der Waals surface area (Å²) in [5.41, 5.74) is -4.41. The van der Waals surface area contributed by atoms with E-state index in [2.05, 4.69) is 20.2 Å². The van der Waals surface area contributed by atoms with Crippen molar-refractivity contribution in [2.45, 2.75) is 206 Å². The van der Waals surface area contributed by atoms with E-state index in [1.165, 1.54) is 25.5 Å². The van der Waals surface area contributed by atoms with Crippen molar-refractivity contribution in [1.29, 1.82) is 0 Å². The van der Waals surface area contributed by atoms with Gasteiger partial charge in [0.15, 0.2) is 12.6 Å². The van der Waals surface area contributed by atoms with Crippen LogP contribution in [-0.4, -0.2) is 158 Å². The van der Waals surface area contributed by atoms with Crippen LogP contribution in [0, 0.1) is 29.6 Å². The minimum atomic E-state index is -1.99. The third-order valence-electron chi connectivity index (χ3n) is 14.5. The molecule has 3 aliphatic heterocycles. The topological polar surface area (TPSA) is 221 Å². The Labute approximate surface area is 375 Å². The zero-order valence-electron chi connectivity index (χ0n) is 40.4. The third-order valence-corrected chi connectivity index (χ3v) is 14.5. The molecule has 63 heavy (non-hydrogen) atoms. The predicted octanol–water partition coefficient (Wildman–Crippen LogP) is 4.08. The Balaban J connectivity index is 1.84. The van der Waals surface area contributed by atoms with Gasteiger partial charge in [0.1, 0.15) is 36.6 Å². The molecule has 362 valence electrons. The first-order chi connectivity index (χ1) is 29.3. The average molecular weight is 897 g/mol. The number of cyclic esters (lactones) is 1. The molecule has 4 rings (SSSR count). The Morgan fingerprint density at radius 1 is 1.00 bits per heavy atom. The number of esters is 1. The molecule has 1 unspecified atom stereocenters. The number of aliphatic hydroxyl groups is 4. The SMILES string of the molecule is CC[C@H]1OC(=O)[C@H](C)[C@@H](OC2C[C@@](C)(OC)[C@@H](C)[C@H](C)O2)[C@H](C)[C@@H](O[C@@H]2O[C@H](C)C[C@H](N(C)C(C)C)[C@H]2O)[C@](C)(O)C[C@@H](C)[C@H](OCC(=O)Nc2ccncn2)[C@H](C)[C@@H](O)[C@]1(C)O. The maximum atomic E-state index is 14.5. The fourth-order valence-electron chi connectivity index (χ4n) is 10.1. The van der Waals surface area contributed by atoms with E-state index in [0.29, 0.717) is 12.8 Å². The highest BCUT2D eigenvalue weighted by Gasteiger charge is 2.54. The number of rotatable bonds is 12. The van der Waals surface area contributed by atoms with Gasteiger partial charge in [0.2, 0.25) is 0 Å². The van der Waals surface area contributed by atoms with Crippen LogP contribution in [0.2, 0.25) is 0 Å². The van der Waals surface area contributed by atoms with Crippen molar-refractivity contribution in [3.8, 4) is 0 Å². The highest BCUT2D eigenvalue weighted by Crippen LogP contribution is 2.43. The highest BCUT2D eigenvalue weighted by molar-refractivity contribution is 5.90. The Morgan fingerprint density at radius 3 is 2.25 bits per heavy atom. The van der Waals surface area contributed by atoms with Crippen molar-refractivity contribution in [2.75, 3.05) is 26.1 Å². The number of hydrogen-bond donors (Lipinski definition) is 5. The van der Waals surface area contributed by atoms with E-state index in [1.54, 1.807) is 34.8 Å². The fourth-order valence-corrected chi connectivity index (χ4v) is 10.1. The molecule has 17 nitrogen and oxygen atoms in total. The van der Waals surface area contributed by atoms with Crippen molar-refractivity contribution in [3.05, 3.63) is 18.6 Å². The molecular formula is C46H80N4O13. The molecule has 1 aromatic rings. The van der Waals surface area contributed by atoms with Crippen LogP contribution in [0.15, 0.2) is 18.6 Å². The van der Waals surface area contributed by atoms with Crippen LogP contribution < -0.4 is 5.32 Å². The summed E-state index contributed by atoms with van der Waals surface area (Å²) >= 11 is 0. The molecule has 19 atom stereocenters. The first-order valence-electron chi connectivity index (χ1n) is 22.9. The zero-order valence-corrected chi connectivity index (χ0v) is 40.4. The minimum absolute atomic E-state index is 0.00297. The number of likely N-dealkylation sites (N-methyl/N-ethyl adjacent to an activating group) is 1. The van der Waals surface area contributed by atoms with Gasteiger partial charge in [0.05, 0.1) is 53.7 Å². The van der Waals surface area contributed by atoms with Gasteiger partial charge in [-0.15, -0.1) is 0 Å². The summed E-state index contributed by atoms with van der Waals surface area (Å²) in [7, 11) is 3.59. The summed E-state index contributed by atoms with van der Waals surface area (Å²) < 4.78 is 45.0. The molecule has 0 aliphatic carbocycles. The lowest BCUT2D eigenvalue weighted by Crippen LogP contribution is -2.61. The molecule has 3 saturated heterocycles. The molecule has 3 aliphatic rings. The summed E-state index contributed by atoms with van der Waals surface area (Å²) in [5, 5.41) is 51.7. The number of ether oxygens (including phenoxy) is 7. The standard InChI is InChI=1S/C46H80N4O13/c1-16-33-46(13,56)40(53)27(6)38(58-22-35(51)49-34-17-18-47-23-48-34)25(4)20-44(11,55)41(63-43-37(52)32(19-26(5)59-43)50(14)24(2)3)28(7)39(29(8)42(54)61-33)62-36-21-45(12,57-15)30(9)31(10)60-36/h17-18,23-33,36-41,43,52-53,55-56H,16,19-22H2,1-15H3,(H,47,48,49,51)/t25-,26-,27+,28+,29-,30+,31+,32+,33-,36?,37-,38+,39+,40-,41-,43+,44-,45-,46-/m1/s1. The van der Waals surface area contributed by atoms with Crippen molar-refractivity contribution < 1.29 is 63.2 Å². The van der Waals surface area contributed by atoms with E-state index in [1.807, 2.05) is 62.4 Å². The van der Waals surface area contributed by atoms with Crippen LogP contribution >= 0.6 is 0 Å². The highest BCUT2D eigenvalue weighted by atomic mass is 16.7. The van der Waals surface area contributed by atoms with E-state index in [4.69, 9.17) is 33.2 Å². The number of carbonyl (C=O) groups excluding carboxylic acids is 2. The number of nitrogens with zero attached hydrogens (tertiary/aromatic N) is 3. The number of anilines is 1. The molecule has 0 radical (unpaired) electrons. The predicted molar refractivity (Wildman–Crippen MR) is 234 cm³/mol. The van der Waals surface area contributed by atoms with Gasteiger partial charge in [-0.1, -0.05) is 34.6 Å². The maximum Gasteiger partial charge on any atom is 0.311 e. The minimum Gasteiger partial charge on any atom is -0.459 e. The van der Waals surface area contributed by atoms with E-state index < -0.39 is 108 Å². The van der Waals surface area contributed by atoms with Gasteiger partial charge in [-0.2, -0.15) is 0 Å². The lowest BCUT2D eigenvalue weighted by atomic mass is 9.73. The molecule has 0 saturated carbocycles. The second-order valence-corrected chi connectivity index (χ2v) is 19.8. The first-order valence-corrected chi connectivity index (χ1v) is 22.9. The summed E-state index contributed by atoms with van der Waals surface area (Å²) in [6.07, 6.45) is -5.93. The van der Waals surface area contributed by atoms with E-state index in [0.717, 1.165) is 0 Å². The number of carbonyl (C=O) groups is 2. The van der Waals surface area contributed by atoms with Gasteiger partial charge in [0.25, 0.3) is 5.91 Å². The number of aromatic nitrogens is 2. The van der Waals surface area contributed by atoms with Gasteiger partial charge in [-0.05, 0) is 93.7 Å². The molecule has 17 heteroatoms. The zero-order chi connectivity index (χ0) is 47.4. The molecule has 1 aromatic heterocycles. The number of amides is 1. The second kappa shape index (κ2) is 21.9. The second-order valence-electron chi connectivity index (χ2n) is 19.8. The van der Waals surface area contributed by atoms with Gasteiger partial charge < -0.3 is 58.9 Å². The molecule has 1 amide bonds. The van der Waals surface area contributed by atoms with Crippen LogP contribution in [0.4, 0.5) is 5.82 Å². The summed E-state index contributed by atoms with van der Waals surface area (Å²) in [4.78, 5) is 37.7. The summed E-state index contributed by atoms with van der Waals surface area (Å²) in [6, 6.07) is 1.29. The van der Waals surface area contributed by atoms with E-state index >= 15 is 0 Å². The monoisotopic (exact) mass is 897 g/mol. The largest absolute Gasteiger partial charge is 0.459 e. The number of nitrogens with one attached hydrogen (secondary N) is 1. The lowest BCUT2D eigenvalue weighted by Gasteiger charge is -2.50. The smallest absolute Gasteiger partial charge is 0.311 e. The van der Waals surface area contributed by atoms with Crippen LogP contribution in [0.3, 0.4) is 0 Å². The van der Waals surface area contributed by atoms with Crippen LogP contribution in [-0.2, 0) is 42.7 Å². The van der Waals surface area contributed by atoms with Crippen LogP contribution in [0.25, 0.3) is 0 Å². The summed E-state index contributed by atoms with van der Waals surface area (Å²) in [6.45, 7) is 23.3. The molecule has 0 aromatic carbocycles.